The highest BCUT2D eigenvalue weighted by Crippen LogP contribution is 2.37. The lowest BCUT2D eigenvalue weighted by atomic mass is 10.0. The number of aryl methyl sites for hydroxylation is 1. The molecule has 0 bridgehead atoms. The number of nitrogens with zero attached hydrogens (tertiary/aromatic N) is 3. The van der Waals surface area contributed by atoms with E-state index in [-0.39, 0.29) is 11.9 Å². The van der Waals surface area contributed by atoms with Gasteiger partial charge in [-0.1, -0.05) is 60.1 Å². The Balaban J connectivity index is 1.72. The van der Waals surface area contributed by atoms with Crippen LogP contribution in [0.15, 0.2) is 60.8 Å². The second kappa shape index (κ2) is 6.37. The largest absolute Gasteiger partial charge is 0.327 e. The minimum atomic E-state index is -0.0446. The molecule has 0 saturated heterocycles. The van der Waals surface area contributed by atoms with Gasteiger partial charge in [-0.25, -0.2) is 0 Å². The topological polar surface area (TPSA) is 38.1 Å². The molecule has 126 valence electrons. The Bertz CT molecular complexity index is 900. The number of benzene rings is 2. The van der Waals surface area contributed by atoms with E-state index in [2.05, 4.69) is 5.10 Å². The zero-order valence-electron chi connectivity index (χ0n) is 13.9. The first-order valence-corrected chi connectivity index (χ1v) is 8.63. The quantitative estimate of drug-likeness (QED) is 0.712. The van der Waals surface area contributed by atoms with E-state index in [1.54, 1.807) is 10.9 Å². The molecule has 0 N–H and O–H groups in total. The van der Waals surface area contributed by atoms with Gasteiger partial charge >= 0.3 is 0 Å². The lowest BCUT2D eigenvalue weighted by molar-refractivity contribution is 0.0708. The lowest BCUT2D eigenvalue weighted by Gasteiger charge is -2.26. The molecule has 1 unspecified atom stereocenters. The lowest BCUT2D eigenvalue weighted by Crippen LogP contribution is -2.29. The number of fused-ring (bicyclic) bond motifs is 1. The molecule has 2 aromatic carbocycles. The van der Waals surface area contributed by atoms with Crippen LogP contribution >= 0.6 is 11.6 Å². The summed E-state index contributed by atoms with van der Waals surface area (Å²) in [6.07, 6.45) is 2.30. The fraction of sp³-hybridized carbons (Fsp3) is 0.200. The number of halogens is 1. The highest BCUT2D eigenvalue weighted by Gasteiger charge is 2.37. The third kappa shape index (κ3) is 2.83. The fourth-order valence-electron chi connectivity index (χ4n) is 3.48. The molecule has 1 amide bonds. The van der Waals surface area contributed by atoms with Gasteiger partial charge in [-0.2, -0.15) is 5.10 Å². The van der Waals surface area contributed by atoms with Crippen molar-refractivity contribution in [2.75, 3.05) is 0 Å². The Morgan fingerprint density at radius 2 is 1.80 bits per heavy atom. The molecule has 1 aliphatic heterocycles. The van der Waals surface area contributed by atoms with Crippen LogP contribution in [0.3, 0.4) is 0 Å². The summed E-state index contributed by atoms with van der Waals surface area (Å²) in [7, 11) is 1.88. The third-order valence-corrected chi connectivity index (χ3v) is 5.10. The number of amides is 1. The van der Waals surface area contributed by atoms with Crippen LogP contribution in [-0.4, -0.2) is 20.6 Å². The van der Waals surface area contributed by atoms with E-state index in [4.69, 9.17) is 11.6 Å². The Morgan fingerprint density at radius 3 is 2.52 bits per heavy atom. The van der Waals surface area contributed by atoms with Crippen molar-refractivity contribution >= 4 is 17.5 Å². The van der Waals surface area contributed by atoms with Gasteiger partial charge in [0.25, 0.3) is 5.91 Å². The van der Waals surface area contributed by atoms with Crippen LogP contribution in [0.2, 0.25) is 5.02 Å². The molecule has 25 heavy (non-hydrogen) atoms. The van der Waals surface area contributed by atoms with Crippen LogP contribution in [0.4, 0.5) is 0 Å². The fourth-order valence-corrected chi connectivity index (χ4v) is 3.72. The number of carbonyl (C=O) groups excluding carboxylic acids is 1. The molecule has 5 heteroatoms. The molecule has 4 rings (SSSR count). The monoisotopic (exact) mass is 351 g/mol. The van der Waals surface area contributed by atoms with Gasteiger partial charge in [-0.05, 0) is 17.2 Å². The maximum Gasteiger partial charge on any atom is 0.255 e. The van der Waals surface area contributed by atoms with Gasteiger partial charge in [-0.3, -0.25) is 9.48 Å². The smallest absolute Gasteiger partial charge is 0.255 e. The molecule has 3 aromatic rings. The van der Waals surface area contributed by atoms with Crippen LogP contribution < -0.4 is 0 Å². The summed E-state index contributed by atoms with van der Waals surface area (Å²) in [5.41, 5.74) is 3.89. The van der Waals surface area contributed by atoms with Crippen LogP contribution in [-0.2, 0) is 20.0 Å². The third-order valence-electron chi connectivity index (χ3n) is 4.78. The summed E-state index contributed by atoms with van der Waals surface area (Å²) < 4.78 is 1.79. The van der Waals surface area contributed by atoms with Crippen molar-refractivity contribution in [2.24, 2.45) is 7.05 Å². The molecule has 0 fully saturated rings. The van der Waals surface area contributed by atoms with Gasteiger partial charge in [-0.15, -0.1) is 0 Å². The maximum atomic E-state index is 13.0. The van der Waals surface area contributed by atoms with Crippen LogP contribution in [0.5, 0.6) is 0 Å². The van der Waals surface area contributed by atoms with Gasteiger partial charge < -0.3 is 4.90 Å². The number of hydrogen-bond acceptors (Lipinski definition) is 2. The van der Waals surface area contributed by atoms with Crippen molar-refractivity contribution in [1.29, 1.82) is 0 Å². The molecule has 0 spiro atoms. The summed E-state index contributed by atoms with van der Waals surface area (Å²) >= 11 is 6.31. The first-order chi connectivity index (χ1) is 12.1. The predicted molar refractivity (Wildman–Crippen MR) is 97.4 cm³/mol. The second-order valence-electron chi connectivity index (χ2n) is 6.29. The Kier molecular flexibility index (Phi) is 4.06. The molecular formula is C20H18ClN3O. The Hall–Kier alpha value is -2.59. The van der Waals surface area contributed by atoms with Crippen LogP contribution in [0, 0.1) is 0 Å². The van der Waals surface area contributed by atoms with Crippen molar-refractivity contribution in [3.05, 3.63) is 88.2 Å². The minimum absolute atomic E-state index is 0.0446. The highest BCUT2D eigenvalue weighted by molar-refractivity contribution is 6.31. The SMILES string of the molecule is Cn1ncc(Cl)c1CC1c2ccccc2C(=O)N1Cc1ccccc1. The second-order valence-corrected chi connectivity index (χ2v) is 6.70. The van der Waals surface area contributed by atoms with Gasteiger partial charge in [0.2, 0.25) is 0 Å². The molecule has 1 aliphatic rings. The molecule has 2 heterocycles. The maximum absolute atomic E-state index is 13.0. The van der Waals surface area contributed by atoms with Gasteiger partial charge in [0.05, 0.1) is 23.0 Å². The Labute approximate surface area is 151 Å². The summed E-state index contributed by atoms with van der Waals surface area (Å²) in [5, 5.41) is 4.86. The zero-order valence-corrected chi connectivity index (χ0v) is 14.6. The highest BCUT2D eigenvalue weighted by atomic mass is 35.5. The molecule has 4 nitrogen and oxygen atoms in total. The predicted octanol–water partition coefficient (Wildman–Crippen LogP) is 4.01. The van der Waals surface area contributed by atoms with E-state index in [0.29, 0.717) is 18.0 Å². The summed E-state index contributed by atoms with van der Waals surface area (Å²) in [5.74, 6) is 0.0720. The number of aromatic nitrogens is 2. The van der Waals surface area contributed by atoms with Crippen molar-refractivity contribution in [3.8, 4) is 0 Å². The van der Waals surface area contributed by atoms with E-state index >= 15 is 0 Å². The number of carbonyl (C=O) groups is 1. The van der Waals surface area contributed by atoms with E-state index in [9.17, 15) is 4.79 Å². The summed E-state index contributed by atoms with van der Waals surface area (Å²) in [4.78, 5) is 14.9. The first-order valence-electron chi connectivity index (χ1n) is 8.25. The molecular weight excluding hydrogens is 334 g/mol. The molecule has 0 saturated carbocycles. The molecule has 0 radical (unpaired) electrons. The normalized spacial score (nSPS) is 16.3. The van der Waals surface area contributed by atoms with Crippen molar-refractivity contribution in [1.82, 2.24) is 14.7 Å². The van der Waals surface area contributed by atoms with Crippen molar-refractivity contribution in [2.45, 2.75) is 19.0 Å². The van der Waals surface area contributed by atoms with Gasteiger partial charge in [0.15, 0.2) is 0 Å². The van der Waals surface area contributed by atoms with Gasteiger partial charge in [0, 0.05) is 25.6 Å². The van der Waals surface area contributed by atoms with Crippen LogP contribution in [0.1, 0.15) is 33.2 Å². The average molecular weight is 352 g/mol. The van der Waals surface area contributed by atoms with Crippen molar-refractivity contribution < 1.29 is 4.79 Å². The average Bonchev–Trinajstić information content (AvgIpc) is 3.09. The summed E-state index contributed by atoms with van der Waals surface area (Å²) in [6.45, 7) is 0.578. The molecule has 0 aliphatic carbocycles. The molecule has 1 atom stereocenters. The number of hydrogen-bond donors (Lipinski definition) is 0. The van der Waals surface area contributed by atoms with E-state index < -0.39 is 0 Å². The van der Waals surface area contributed by atoms with Crippen LogP contribution in [0.25, 0.3) is 0 Å². The van der Waals surface area contributed by atoms with Crippen molar-refractivity contribution in [3.63, 3.8) is 0 Å². The van der Waals surface area contributed by atoms with E-state index in [0.717, 1.165) is 22.4 Å². The van der Waals surface area contributed by atoms with E-state index in [1.807, 2.05) is 66.5 Å². The molecule has 1 aromatic heterocycles. The zero-order chi connectivity index (χ0) is 17.4. The summed E-state index contributed by atoms with van der Waals surface area (Å²) in [6, 6.07) is 17.9. The standard InChI is InChI=1S/C20H18ClN3O/c1-23-19(17(21)12-22-23)11-18-15-9-5-6-10-16(15)20(25)24(18)13-14-7-3-2-4-8-14/h2-10,12,18H,11,13H2,1H3. The number of rotatable bonds is 4. The van der Waals surface area contributed by atoms with E-state index in [1.165, 1.54) is 0 Å². The Morgan fingerprint density at radius 1 is 1.08 bits per heavy atom. The van der Waals surface area contributed by atoms with Gasteiger partial charge in [0.1, 0.15) is 0 Å². The first kappa shape index (κ1) is 15.9. The minimum Gasteiger partial charge on any atom is -0.327 e.